The van der Waals surface area contributed by atoms with Crippen molar-refractivity contribution in [1.82, 2.24) is 14.5 Å². The van der Waals surface area contributed by atoms with Crippen molar-refractivity contribution in [3.8, 4) is 0 Å². The molecule has 2 aromatic heterocycles. The molecule has 18 heavy (non-hydrogen) atoms. The molecule has 4 nitrogen and oxygen atoms in total. The van der Waals surface area contributed by atoms with Gasteiger partial charge in [-0.3, -0.25) is 4.98 Å². The second kappa shape index (κ2) is 4.56. The van der Waals surface area contributed by atoms with Crippen molar-refractivity contribution in [2.75, 3.05) is 5.73 Å². The third-order valence-corrected chi connectivity index (χ3v) is 3.46. The molecule has 0 aliphatic carbocycles. The molecule has 2 N–H and O–H groups in total. The molecule has 0 amide bonds. The van der Waals surface area contributed by atoms with Crippen LogP contribution in [0.2, 0.25) is 0 Å². The monoisotopic (exact) mass is 350 g/mol. The molecule has 0 saturated heterocycles. The van der Waals surface area contributed by atoms with Gasteiger partial charge in [0.25, 0.3) is 0 Å². The quantitative estimate of drug-likeness (QED) is 0.723. The van der Waals surface area contributed by atoms with E-state index in [2.05, 4.69) is 38.6 Å². The van der Waals surface area contributed by atoms with E-state index in [1.54, 1.807) is 6.20 Å². The molecular weight excluding hydrogens is 339 g/mol. The van der Waals surface area contributed by atoms with Gasteiger partial charge in [-0.25, -0.2) is 4.98 Å². The number of nitrogen functional groups attached to an aromatic ring is 1. The molecule has 0 fully saturated rings. The molecule has 0 saturated carbocycles. The first-order valence-electron chi connectivity index (χ1n) is 5.55. The minimum Gasteiger partial charge on any atom is -0.369 e. The Morgan fingerprint density at radius 1 is 1.22 bits per heavy atom. The third-order valence-electron chi connectivity index (χ3n) is 2.79. The summed E-state index contributed by atoms with van der Waals surface area (Å²) in [4.78, 5) is 8.69. The number of fused-ring (bicyclic) bond motifs is 1. The largest absolute Gasteiger partial charge is 0.369 e. The van der Waals surface area contributed by atoms with E-state index in [0.29, 0.717) is 12.5 Å². The van der Waals surface area contributed by atoms with Crippen LogP contribution in [0.15, 0.2) is 42.6 Å². The van der Waals surface area contributed by atoms with E-state index in [-0.39, 0.29) is 0 Å². The second-order valence-corrected chi connectivity index (χ2v) is 5.26. The number of rotatable bonds is 2. The maximum atomic E-state index is 5.97. The van der Waals surface area contributed by atoms with Crippen LogP contribution in [0.3, 0.4) is 0 Å². The van der Waals surface area contributed by atoms with E-state index in [9.17, 15) is 0 Å². The lowest BCUT2D eigenvalue weighted by Crippen LogP contribution is -2.05. The van der Waals surface area contributed by atoms with E-state index in [1.165, 1.54) is 0 Å². The molecule has 90 valence electrons. The number of benzene rings is 1. The SMILES string of the molecule is Nc1nc2cc(I)ccc2n1Cc1ccccn1. The molecule has 3 rings (SSSR count). The predicted molar refractivity (Wildman–Crippen MR) is 80.2 cm³/mol. The van der Waals surface area contributed by atoms with Crippen molar-refractivity contribution >= 4 is 39.6 Å². The summed E-state index contributed by atoms with van der Waals surface area (Å²) in [5.41, 5.74) is 8.91. The predicted octanol–water partition coefficient (Wildman–Crippen LogP) is 2.67. The van der Waals surface area contributed by atoms with Crippen molar-refractivity contribution in [3.05, 3.63) is 51.9 Å². The number of halogens is 1. The maximum absolute atomic E-state index is 5.97. The number of hydrogen-bond donors (Lipinski definition) is 1. The third kappa shape index (κ3) is 2.05. The molecule has 0 radical (unpaired) electrons. The first-order chi connectivity index (χ1) is 8.74. The Bertz CT molecular complexity index is 691. The Labute approximate surface area is 118 Å². The number of hydrogen-bond acceptors (Lipinski definition) is 3. The lowest BCUT2D eigenvalue weighted by molar-refractivity contribution is 0.809. The minimum atomic E-state index is 0.526. The van der Waals surface area contributed by atoms with Gasteiger partial charge in [-0.1, -0.05) is 6.07 Å². The molecule has 2 heterocycles. The lowest BCUT2D eigenvalue weighted by atomic mass is 10.3. The van der Waals surface area contributed by atoms with Gasteiger partial charge in [0.15, 0.2) is 0 Å². The summed E-state index contributed by atoms with van der Waals surface area (Å²) in [7, 11) is 0. The van der Waals surface area contributed by atoms with Crippen LogP contribution in [-0.4, -0.2) is 14.5 Å². The Hall–Kier alpha value is -1.63. The lowest BCUT2D eigenvalue weighted by Gasteiger charge is -2.05. The van der Waals surface area contributed by atoms with Gasteiger partial charge in [-0.2, -0.15) is 0 Å². The fraction of sp³-hybridized carbons (Fsp3) is 0.0769. The minimum absolute atomic E-state index is 0.526. The number of nitrogens with two attached hydrogens (primary N) is 1. The molecule has 5 heteroatoms. The topological polar surface area (TPSA) is 56.7 Å². The van der Waals surface area contributed by atoms with Gasteiger partial charge in [0.05, 0.1) is 23.3 Å². The number of nitrogens with zero attached hydrogens (tertiary/aromatic N) is 3. The smallest absolute Gasteiger partial charge is 0.201 e. The zero-order valence-electron chi connectivity index (χ0n) is 9.55. The van der Waals surface area contributed by atoms with E-state index in [4.69, 9.17) is 5.73 Å². The van der Waals surface area contributed by atoms with Crippen molar-refractivity contribution in [1.29, 1.82) is 0 Å². The molecular formula is C13H11IN4. The van der Waals surface area contributed by atoms with E-state index >= 15 is 0 Å². The fourth-order valence-corrected chi connectivity index (χ4v) is 2.42. The maximum Gasteiger partial charge on any atom is 0.201 e. The van der Waals surface area contributed by atoms with Crippen LogP contribution < -0.4 is 5.73 Å². The highest BCUT2D eigenvalue weighted by Gasteiger charge is 2.09. The number of aromatic nitrogens is 3. The average molecular weight is 350 g/mol. The second-order valence-electron chi connectivity index (χ2n) is 4.01. The van der Waals surface area contributed by atoms with Gasteiger partial charge in [-0.05, 0) is 52.9 Å². The van der Waals surface area contributed by atoms with Crippen LogP contribution in [0.25, 0.3) is 11.0 Å². The molecule has 0 atom stereocenters. The first-order valence-corrected chi connectivity index (χ1v) is 6.63. The van der Waals surface area contributed by atoms with E-state index in [0.717, 1.165) is 20.3 Å². The van der Waals surface area contributed by atoms with Crippen LogP contribution in [0, 0.1) is 3.57 Å². The van der Waals surface area contributed by atoms with Crippen molar-refractivity contribution in [2.45, 2.75) is 6.54 Å². The summed E-state index contributed by atoms with van der Waals surface area (Å²) in [6, 6.07) is 12.0. The van der Waals surface area contributed by atoms with Crippen molar-refractivity contribution in [3.63, 3.8) is 0 Å². The number of pyridine rings is 1. The Morgan fingerprint density at radius 3 is 2.89 bits per heavy atom. The van der Waals surface area contributed by atoms with Gasteiger partial charge in [-0.15, -0.1) is 0 Å². The molecule has 0 bridgehead atoms. The van der Waals surface area contributed by atoms with Crippen LogP contribution in [0.5, 0.6) is 0 Å². The van der Waals surface area contributed by atoms with Gasteiger partial charge < -0.3 is 10.3 Å². The highest BCUT2D eigenvalue weighted by atomic mass is 127. The Balaban J connectivity index is 2.09. The molecule has 0 spiro atoms. The number of imidazole rings is 1. The zero-order chi connectivity index (χ0) is 12.5. The molecule has 1 aromatic carbocycles. The molecule has 0 aliphatic heterocycles. The van der Waals surface area contributed by atoms with Crippen LogP contribution in [0.1, 0.15) is 5.69 Å². The van der Waals surface area contributed by atoms with Gasteiger partial charge in [0.2, 0.25) is 5.95 Å². The van der Waals surface area contributed by atoms with Crippen LogP contribution in [0.4, 0.5) is 5.95 Å². The van der Waals surface area contributed by atoms with Gasteiger partial charge >= 0.3 is 0 Å². The average Bonchev–Trinajstić information content (AvgIpc) is 2.66. The summed E-state index contributed by atoms with van der Waals surface area (Å²) < 4.78 is 3.14. The summed E-state index contributed by atoms with van der Waals surface area (Å²) in [5, 5.41) is 0. The van der Waals surface area contributed by atoms with E-state index in [1.807, 2.05) is 34.9 Å². The first kappa shape index (κ1) is 11.5. The standard InChI is InChI=1S/C13H11IN4/c14-9-4-5-12-11(7-9)17-13(15)18(12)8-10-3-1-2-6-16-10/h1-7H,8H2,(H2,15,17). The fourth-order valence-electron chi connectivity index (χ4n) is 1.94. The summed E-state index contributed by atoms with van der Waals surface area (Å²) in [5.74, 6) is 0.526. The molecule has 0 unspecified atom stereocenters. The van der Waals surface area contributed by atoms with Crippen molar-refractivity contribution in [2.24, 2.45) is 0 Å². The Kier molecular flexibility index (Phi) is 2.91. The van der Waals surface area contributed by atoms with Crippen molar-refractivity contribution < 1.29 is 0 Å². The summed E-state index contributed by atoms with van der Waals surface area (Å²) in [6.07, 6.45) is 1.79. The van der Waals surface area contributed by atoms with Crippen LogP contribution >= 0.6 is 22.6 Å². The highest BCUT2D eigenvalue weighted by molar-refractivity contribution is 14.1. The van der Waals surface area contributed by atoms with Crippen LogP contribution in [-0.2, 0) is 6.54 Å². The number of anilines is 1. The normalized spacial score (nSPS) is 10.9. The molecule has 0 aliphatic rings. The zero-order valence-corrected chi connectivity index (χ0v) is 11.7. The molecule has 3 aromatic rings. The van der Waals surface area contributed by atoms with Gasteiger partial charge in [0, 0.05) is 9.77 Å². The van der Waals surface area contributed by atoms with E-state index < -0.39 is 0 Å². The van der Waals surface area contributed by atoms with Gasteiger partial charge in [0.1, 0.15) is 0 Å². The summed E-state index contributed by atoms with van der Waals surface area (Å²) in [6.45, 7) is 0.643. The highest BCUT2D eigenvalue weighted by Crippen LogP contribution is 2.21. The Morgan fingerprint density at radius 2 is 2.11 bits per heavy atom. The summed E-state index contributed by atoms with van der Waals surface area (Å²) >= 11 is 2.27.